The molecule has 1 heterocycles. The molecule has 6 heteroatoms. The summed E-state index contributed by atoms with van der Waals surface area (Å²) in [6.45, 7) is 2.91. The molecule has 0 radical (unpaired) electrons. The topological polar surface area (TPSA) is 70.1 Å². The van der Waals surface area contributed by atoms with Crippen LogP contribution >= 0.6 is 11.8 Å². The van der Waals surface area contributed by atoms with Gasteiger partial charge in [-0.1, -0.05) is 6.42 Å². The van der Waals surface area contributed by atoms with Gasteiger partial charge in [-0.3, -0.25) is 0 Å². The predicted molar refractivity (Wildman–Crippen MR) is 72.7 cm³/mol. The van der Waals surface area contributed by atoms with E-state index in [1.54, 1.807) is 13.3 Å². The first-order valence-electron chi connectivity index (χ1n) is 6.15. The third kappa shape index (κ3) is 2.34. The van der Waals surface area contributed by atoms with Gasteiger partial charge in [0.15, 0.2) is 5.69 Å². The Balaban J connectivity index is 2.13. The van der Waals surface area contributed by atoms with Crippen LogP contribution in [0.15, 0.2) is 6.33 Å². The van der Waals surface area contributed by atoms with Crippen molar-refractivity contribution in [3.8, 4) is 0 Å². The van der Waals surface area contributed by atoms with Crippen molar-refractivity contribution >= 4 is 23.5 Å². The highest BCUT2D eigenvalue weighted by atomic mass is 32.2. The van der Waals surface area contributed by atoms with E-state index >= 15 is 0 Å². The Morgan fingerprint density at radius 2 is 2.39 bits per heavy atom. The maximum atomic E-state index is 11.6. The maximum absolute atomic E-state index is 11.6. The highest BCUT2D eigenvalue weighted by Crippen LogP contribution is 2.44. The number of aromatic nitrogens is 2. The van der Waals surface area contributed by atoms with Crippen LogP contribution in [0.4, 0.5) is 5.82 Å². The van der Waals surface area contributed by atoms with Crippen LogP contribution in [0.25, 0.3) is 0 Å². The second-order valence-electron chi connectivity index (χ2n) is 4.57. The number of rotatable bonds is 5. The van der Waals surface area contributed by atoms with Crippen molar-refractivity contribution in [1.29, 1.82) is 0 Å². The van der Waals surface area contributed by atoms with E-state index in [4.69, 9.17) is 10.5 Å². The molecule has 1 aliphatic carbocycles. The number of nitrogens with two attached hydrogens (primary N) is 1. The SMILES string of the molecule is CCOC(=O)c1ncn(CC2(SC)CCC2)c1N. The lowest BCUT2D eigenvalue weighted by Crippen LogP contribution is -2.37. The van der Waals surface area contributed by atoms with Gasteiger partial charge in [0.1, 0.15) is 5.82 Å². The Morgan fingerprint density at radius 3 is 2.89 bits per heavy atom. The van der Waals surface area contributed by atoms with Gasteiger partial charge in [0.05, 0.1) is 12.9 Å². The van der Waals surface area contributed by atoms with E-state index in [9.17, 15) is 4.79 Å². The van der Waals surface area contributed by atoms with Gasteiger partial charge in [0.2, 0.25) is 0 Å². The molecule has 2 N–H and O–H groups in total. The quantitative estimate of drug-likeness (QED) is 0.827. The third-order valence-corrected chi connectivity index (χ3v) is 4.91. The van der Waals surface area contributed by atoms with Crippen LogP contribution < -0.4 is 5.73 Å². The summed E-state index contributed by atoms with van der Waals surface area (Å²) in [6, 6.07) is 0. The van der Waals surface area contributed by atoms with Gasteiger partial charge in [-0.15, -0.1) is 0 Å². The van der Waals surface area contributed by atoms with Gasteiger partial charge in [0.25, 0.3) is 0 Å². The summed E-state index contributed by atoms with van der Waals surface area (Å²) in [5.41, 5.74) is 6.19. The molecule has 1 saturated carbocycles. The molecular formula is C12H19N3O2S. The molecule has 0 spiro atoms. The monoisotopic (exact) mass is 269 g/mol. The average Bonchev–Trinajstić information content (AvgIpc) is 2.66. The van der Waals surface area contributed by atoms with Crippen LogP contribution in [0, 0.1) is 0 Å². The number of esters is 1. The molecule has 1 aromatic rings. The van der Waals surface area contributed by atoms with E-state index in [0.717, 1.165) is 6.54 Å². The third-order valence-electron chi connectivity index (χ3n) is 3.50. The minimum Gasteiger partial charge on any atom is -0.461 e. The fourth-order valence-electron chi connectivity index (χ4n) is 2.18. The molecule has 0 amide bonds. The smallest absolute Gasteiger partial charge is 0.360 e. The lowest BCUT2D eigenvalue weighted by atomic mass is 9.84. The summed E-state index contributed by atoms with van der Waals surface area (Å²) in [5.74, 6) is -0.0330. The normalized spacial score (nSPS) is 17.2. The highest BCUT2D eigenvalue weighted by Gasteiger charge is 2.37. The van der Waals surface area contributed by atoms with Crippen LogP contribution in [0.2, 0.25) is 0 Å². The highest BCUT2D eigenvalue weighted by molar-refractivity contribution is 8.00. The van der Waals surface area contributed by atoms with Crippen molar-refractivity contribution in [2.75, 3.05) is 18.6 Å². The van der Waals surface area contributed by atoms with Crippen molar-refractivity contribution in [1.82, 2.24) is 9.55 Å². The molecule has 0 aliphatic heterocycles. The molecule has 0 atom stereocenters. The first kappa shape index (κ1) is 13.3. The number of ether oxygens (including phenoxy) is 1. The summed E-state index contributed by atoms with van der Waals surface area (Å²) in [4.78, 5) is 15.7. The van der Waals surface area contributed by atoms with Crippen LogP contribution in [0.3, 0.4) is 0 Å². The van der Waals surface area contributed by atoms with E-state index in [2.05, 4.69) is 11.2 Å². The molecule has 5 nitrogen and oxygen atoms in total. The van der Waals surface area contributed by atoms with Gasteiger partial charge in [-0.05, 0) is 26.0 Å². The molecular weight excluding hydrogens is 250 g/mol. The average molecular weight is 269 g/mol. The van der Waals surface area contributed by atoms with Crippen LogP contribution in [-0.4, -0.2) is 33.1 Å². The summed E-state index contributed by atoms with van der Waals surface area (Å²) >= 11 is 1.87. The number of nitrogen functional groups attached to an aromatic ring is 1. The second kappa shape index (κ2) is 5.22. The number of hydrogen-bond acceptors (Lipinski definition) is 5. The Labute approximate surface area is 111 Å². The summed E-state index contributed by atoms with van der Waals surface area (Å²) in [5, 5.41) is 0. The lowest BCUT2D eigenvalue weighted by molar-refractivity contribution is 0.0521. The summed E-state index contributed by atoms with van der Waals surface area (Å²) in [7, 11) is 0. The van der Waals surface area contributed by atoms with Crippen molar-refractivity contribution in [3.05, 3.63) is 12.0 Å². The number of carbonyl (C=O) groups excluding carboxylic acids is 1. The largest absolute Gasteiger partial charge is 0.461 e. The van der Waals surface area contributed by atoms with Gasteiger partial charge >= 0.3 is 5.97 Å². The molecule has 2 rings (SSSR count). The number of anilines is 1. The van der Waals surface area contributed by atoms with E-state index in [1.165, 1.54) is 19.3 Å². The number of imidazole rings is 1. The van der Waals surface area contributed by atoms with Crippen molar-refractivity contribution < 1.29 is 9.53 Å². The van der Waals surface area contributed by atoms with Crippen LogP contribution in [0.5, 0.6) is 0 Å². The Kier molecular flexibility index (Phi) is 3.85. The first-order valence-corrected chi connectivity index (χ1v) is 7.37. The molecule has 1 aliphatic rings. The molecule has 0 unspecified atom stereocenters. The molecule has 0 saturated heterocycles. The fraction of sp³-hybridized carbons (Fsp3) is 0.667. The minimum atomic E-state index is -0.444. The van der Waals surface area contributed by atoms with Crippen molar-refractivity contribution in [2.24, 2.45) is 0 Å². The number of thioether (sulfide) groups is 1. The zero-order valence-corrected chi connectivity index (χ0v) is 11.6. The van der Waals surface area contributed by atoms with Gasteiger partial charge < -0.3 is 15.0 Å². The molecule has 18 heavy (non-hydrogen) atoms. The van der Waals surface area contributed by atoms with Gasteiger partial charge in [-0.2, -0.15) is 11.8 Å². The van der Waals surface area contributed by atoms with Gasteiger partial charge in [-0.25, -0.2) is 9.78 Å². The van der Waals surface area contributed by atoms with E-state index in [1.807, 2.05) is 16.3 Å². The van der Waals surface area contributed by atoms with E-state index in [-0.39, 0.29) is 10.4 Å². The van der Waals surface area contributed by atoms with Crippen molar-refractivity contribution in [2.45, 2.75) is 37.5 Å². The predicted octanol–water partition coefficient (Wildman–Crippen LogP) is 1.93. The summed E-state index contributed by atoms with van der Waals surface area (Å²) < 4.78 is 7.05. The van der Waals surface area contributed by atoms with Crippen molar-refractivity contribution in [3.63, 3.8) is 0 Å². The van der Waals surface area contributed by atoms with Crippen LogP contribution in [0.1, 0.15) is 36.7 Å². The number of nitrogens with zero attached hydrogens (tertiary/aromatic N) is 2. The Morgan fingerprint density at radius 1 is 1.67 bits per heavy atom. The number of carbonyl (C=O) groups is 1. The first-order chi connectivity index (χ1) is 8.62. The fourth-order valence-corrected chi connectivity index (χ4v) is 3.15. The Hall–Kier alpha value is -1.17. The zero-order chi connectivity index (χ0) is 13.2. The molecule has 0 bridgehead atoms. The molecule has 1 fully saturated rings. The molecule has 100 valence electrons. The molecule has 0 aromatic carbocycles. The van der Waals surface area contributed by atoms with E-state index in [0.29, 0.717) is 12.4 Å². The van der Waals surface area contributed by atoms with E-state index < -0.39 is 5.97 Å². The molecule has 1 aromatic heterocycles. The lowest BCUT2D eigenvalue weighted by Gasteiger charge is -2.40. The van der Waals surface area contributed by atoms with Gasteiger partial charge in [0, 0.05) is 11.3 Å². The number of hydrogen-bond donors (Lipinski definition) is 1. The maximum Gasteiger partial charge on any atom is 0.360 e. The summed E-state index contributed by atoms with van der Waals surface area (Å²) in [6.07, 6.45) is 7.41. The minimum absolute atomic E-state index is 0.229. The Bertz CT molecular complexity index is 435. The second-order valence-corrected chi connectivity index (χ2v) is 5.84. The standard InChI is InChI=1S/C12H19N3O2S/c1-3-17-11(16)9-10(13)15(8-14-9)7-12(18-2)5-4-6-12/h8H,3-7,13H2,1-2H3. The van der Waals surface area contributed by atoms with Crippen LogP contribution in [-0.2, 0) is 11.3 Å². The zero-order valence-electron chi connectivity index (χ0n) is 10.8.